The minimum Gasteiger partial charge on any atom is -0.480 e. The minimum absolute atomic E-state index is 0.270. The van der Waals surface area contributed by atoms with Gasteiger partial charge in [0, 0.05) is 16.3 Å². The van der Waals surface area contributed by atoms with Crippen LogP contribution in [0, 0.1) is 5.82 Å². The zero-order chi connectivity index (χ0) is 19.7. The molecule has 0 aliphatic heterocycles. The second kappa shape index (κ2) is 11.2. The molecule has 2 aromatic carbocycles. The smallest absolute Gasteiger partial charge is 0.321 e. The van der Waals surface area contributed by atoms with Crippen LogP contribution in [0.1, 0.15) is 25.0 Å². The molecule has 0 aromatic heterocycles. The molecular weight excluding hydrogens is 373 g/mol. The Kier molecular flexibility index (Phi) is 9.70. The molecule has 2 N–H and O–H groups in total. The van der Waals surface area contributed by atoms with E-state index in [1.165, 1.54) is 17.2 Å². The largest absolute Gasteiger partial charge is 0.480 e. The molecule has 1 atom stereocenters. The van der Waals surface area contributed by atoms with Gasteiger partial charge in [0.25, 0.3) is 0 Å². The first kappa shape index (κ1) is 22.5. The Morgan fingerprint density at radius 1 is 1.19 bits per heavy atom. The first-order chi connectivity index (χ1) is 12.4. The van der Waals surface area contributed by atoms with Crippen LogP contribution in [0.2, 0.25) is 5.02 Å². The van der Waals surface area contributed by atoms with Gasteiger partial charge in [-0.3, -0.25) is 4.79 Å². The standard InChI is InChI=1S/C16H16ClF.C4H9NO2S/c1-3-11-5-6-13(9-12(11)4-2)15-8-7-14(17)10-16(15)18;1-5-3(2-8)4(6)7/h5-10H,3-4H2,1-2H3;3,5,8H,2H2,1H3,(H,6,7)/t;3-/m.1/s1. The molecule has 0 saturated heterocycles. The number of aliphatic carboxylic acids is 1. The van der Waals surface area contributed by atoms with Crippen molar-refractivity contribution in [3.05, 3.63) is 58.4 Å². The van der Waals surface area contributed by atoms with E-state index >= 15 is 0 Å². The summed E-state index contributed by atoms with van der Waals surface area (Å²) >= 11 is 9.56. The van der Waals surface area contributed by atoms with E-state index in [9.17, 15) is 9.18 Å². The van der Waals surface area contributed by atoms with Crippen LogP contribution in [0.4, 0.5) is 4.39 Å². The van der Waals surface area contributed by atoms with Crippen LogP contribution < -0.4 is 5.32 Å². The molecule has 0 aliphatic carbocycles. The number of nitrogens with one attached hydrogen (secondary N) is 1. The predicted octanol–water partition coefficient (Wildman–Crippen LogP) is 4.86. The number of carboxylic acids is 1. The molecule has 0 heterocycles. The normalized spacial score (nSPS) is 11.5. The number of aryl methyl sites for hydroxylation is 2. The minimum atomic E-state index is -0.859. The lowest BCUT2D eigenvalue weighted by atomic mass is 9.96. The van der Waals surface area contributed by atoms with Crippen LogP contribution in [0.25, 0.3) is 11.1 Å². The Hall–Kier alpha value is -1.56. The number of halogens is 2. The van der Waals surface area contributed by atoms with Gasteiger partial charge in [0.1, 0.15) is 11.9 Å². The summed E-state index contributed by atoms with van der Waals surface area (Å²) in [5, 5.41) is 11.3. The van der Waals surface area contributed by atoms with Gasteiger partial charge >= 0.3 is 5.97 Å². The van der Waals surface area contributed by atoms with E-state index in [2.05, 4.69) is 43.9 Å². The van der Waals surface area contributed by atoms with E-state index < -0.39 is 12.0 Å². The number of thiol groups is 1. The molecule has 0 fully saturated rings. The Bertz CT molecular complexity index is 736. The van der Waals surface area contributed by atoms with Gasteiger partial charge in [-0.1, -0.05) is 43.6 Å². The zero-order valence-corrected chi connectivity index (χ0v) is 16.9. The average molecular weight is 398 g/mol. The van der Waals surface area contributed by atoms with Gasteiger partial charge in [0.05, 0.1) is 0 Å². The second-order valence-electron chi connectivity index (χ2n) is 5.68. The first-order valence-electron chi connectivity index (χ1n) is 8.45. The van der Waals surface area contributed by atoms with Crippen molar-refractivity contribution in [1.82, 2.24) is 5.32 Å². The van der Waals surface area contributed by atoms with E-state index in [-0.39, 0.29) is 5.82 Å². The molecule has 2 aromatic rings. The second-order valence-corrected chi connectivity index (χ2v) is 6.48. The fourth-order valence-corrected chi connectivity index (χ4v) is 2.98. The quantitative estimate of drug-likeness (QED) is 0.610. The highest BCUT2D eigenvalue weighted by molar-refractivity contribution is 7.80. The monoisotopic (exact) mass is 397 g/mol. The third-order valence-corrected chi connectivity index (χ3v) is 4.64. The average Bonchev–Trinajstić information content (AvgIpc) is 2.62. The summed E-state index contributed by atoms with van der Waals surface area (Å²) in [7, 11) is 1.59. The summed E-state index contributed by atoms with van der Waals surface area (Å²) in [4.78, 5) is 10.1. The number of benzene rings is 2. The topological polar surface area (TPSA) is 49.3 Å². The number of hydrogen-bond acceptors (Lipinski definition) is 3. The third-order valence-electron chi connectivity index (χ3n) is 4.04. The van der Waals surface area contributed by atoms with Crippen molar-refractivity contribution >= 4 is 30.2 Å². The Morgan fingerprint density at radius 2 is 1.85 bits per heavy atom. The number of carbonyl (C=O) groups is 1. The van der Waals surface area contributed by atoms with E-state index in [4.69, 9.17) is 16.7 Å². The molecule has 0 spiro atoms. The molecule has 0 bridgehead atoms. The molecule has 2 rings (SSSR count). The van der Waals surface area contributed by atoms with Crippen molar-refractivity contribution in [1.29, 1.82) is 0 Å². The zero-order valence-electron chi connectivity index (χ0n) is 15.2. The lowest BCUT2D eigenvalue weighted by molar-refractivity contribution is -0.138. The summed E-state index contributed by atoms with van der Waals surface area (Å²) in [6.45, 7) is 4.26. The molecule has 6 heteroatoms. The van der Waals surface area contributed by atoms with Crippen molar-refractivity contribution in [2.24, 2.45) is 0 Å². The van der Waals surface area contributed by atoms with E-state index in [1.807, 2.05) is 6.07 Å². The fraction of sp³-hybridized carbons (Fsp3) is 0.350. The summed E-state index contributed by atoms with van der Waals surface area (Å²) in [5.74, 6) is -0.803. The number of hydrogen-bond donors (Lipinski definition) is 3. The van der Waals surface area contributed by atoms with Gasteiger partial charge in [0.2, 0.25) is 0 Å². The highest BCUT2D eigenvalue weighted by Gasteiger charge is 2.10. The van der Waals surface area contributed by atoms with Gasteiger partial charge in [-0.05, 0) is 54.8 Å². The SMILES string of the molecule is CCc1ccc(-c2ccc(Cl)cc2F)cc1CC.CN[C@H](CS)C(=O)O. The van der Waals surface area contributed by atoms with E-state index in [1.54, 1.807) is 19.2 Å². The van der Waals surface area contributed by atoms with Crippen LogP contribution in [-0.4, -0.2) is 29.9 Å². The lowest BCUT2D eigenvalue weighted by Gasteiger charge is -2.10. The number of rotatable bonds is 6. The van der Waals surface area contributed by atoms with E-state index in [0.29, 0.717) is 16.3 Å². The van der Waals surface area contributed by atoms with Crippen molar-refractivity contribution in [3.8, 4) is 11.1 Å². The van der Waals surface area contributed by atoms with Crippen molar-refractivity contribution in [2.45, 2.75) is 32.7 Å². The maximum absolute atomic E-state index is 13.9. The molecule has 0 aliphatic rings. The molecule has 0 radical (unpaired) electrons. The Morgan fingerprint density at radius 3 is 2.27 bits per heavy atom. The Labute approximate surface area is 165 Å². The van der Waals surface area contributed by atoms with Gasteiger partial charge < -0.3 is 10.4 Å². The van der Waals surface area contributed by atoms with Gasteiger partial charge in [-0.2, -0.15) is 12.6 Å². The maximum Gasteiger partial charge on any atom is 0.321 e. The summed E-state index contributed by atoms with van der Waals surface area (Å²) in [6, 6.07) is 10.4. The number of carboxylic acid groups (broad SMARTS) is 1. The molecule has 0 amide bonds. The van der Waals surface area contributed by atoms with E-state index in [0.717, 1.165) is 18.4 Å². The summed E-state index contributed by atoms with van der Waals surface area (Å²) in [5.41, 5.74) is 4.13. The predicted molar refractivity (Wildman–Crippen MR) is 110 cm³/mol. The highest BCUT2D eigenvalue weighted by Crippen LogP contribution is 2.27. The molecule has 3 nitrogen and oxygen atoms in total. The van der Waals surface area contributed by atoms with Gasteiger partial charge in [0.15, 0.2) is 0 Å². The van der Waals surface area contributed by atoms with Crippen LogP contribution in [0.3, 0.4) is 0 Å². The van der Waals surface area contributed by atoms with Crippen LogP contribution >= 0.6 is 24.2 Å². The number of likely N-dealkylation sites (N-methyl/N-ethyl adjacent to an activating group) is 1. The highest BCUT2D eigenvalue weighted by atomic mass is 35.5. The molecular formula is C20H25ClFNO2S. The van der Waals surface area contributed by atoms with Crippen LogP contribution in [0.15, 0.2) is 36.4 Å². The molecule has 0 saturated carbocycles. The lowest BCUT2D eigenvalue weighted by Crippen LogP contribution is -2.35. The molecule has 26 heavy (non-hydrogen) atoms. The molecule has 142 valence electrons. The third kappa shape index (κ3) is 6.31. The molecule has 0 unspecified atom stereocenters. The fourth-order valence-electron chi connectivity index (χ4n) is 2.48. The van der Waals surface area contributed by atoms with Crippen LogP contribution in [-0.2, 0) is 17.6 Å². The van der Waals surface area contributed by atoms with Crippen molar-refractivity contribution in [2.75, 3.05) is 12.8 Å². The maximum atomic E-state index is 13.9. The van der Waals surface area contributed by atoms with Gasteiger partial charge in [-0.25, -0.2) is 4.39 Å². The van der Waals surface area contributed by atoms with Crippen LogP contribution in [0.5, 0.6) is 0 Å². The first-order valence-corrected chi connectivity index (χ1v) is 9.47. The van der Waals surface area contributed by atoms with Crippen molar-refractivity contribution < 1.29 is 14.3 Å². The summed E-state index contributed by atoms with van der Waals surface area (Å²) < 4.78 is 13.9. The Balaban J connectivity index is 0.000000359. The van der Waals surface area contributed by atoms with Crippen molar-refractivity contribution in [3.63, 3.8) is 0 Å². The summed E-state index contributed by atoms with van der Waals surface area (Å²) in [6.07, 6.45) is 1.97. The van der Waals surface area contributed by atoms with Gasteiger partial charge in [-0.15, -0.1) is 0 Å².